The summed E-state index contributed by atoms with van der Waals surface area (Å²) in [5.74, 6) is -0.553. The molecule has 1 fully saturated rings. The highest BCUT2D eigenvalue weighted by atomic mass is 19.4. The first-order valence-corrected chi connectivity index (χ1v) is 7.74. The molecule has 3 rings (SSSR count). The van der Waals surface area contributed by atoms with Gasteiger partial charge in [-0.1, -0.05) is 18.2 Å². The Kier molecular flexibility index (Phi) is 4.78. The van der Waals surface area contributed by atoms with Crippen LogP contribution < -0.4 is 11.1 Å². The van der Waals surface area contributed by atoms with Crippen LogP contribution in [0.25, 0.3) is 11.3 Å². The van der Waals surface area contributed by atoms with E-state index in [0.29, 0.717) is 13.0 Å². The van der Waals surface area contributed by atoms with Crippen molar-refractivity contribution in [1.82, 2.24) is 10.2 Å². The van der Waals surface area contributed by atoms with Gasteiger partial charge in [0.05, 0.1) is 23.3 Å². The second kappa shape index (κ2) is 6.85. The van der Waals surface area contributed by atoms with E-state index < -0.39 is 17.7 Å². The Balaban J connectivity index is 1.79. The molecule has 2 aromatic rings. The molecule has 0 radical (unpaired) electrons. The normalized spacial score (nSPS) is 20.6. The Morgan fingerprint density at radius 2 is 2.16 bits per heavy atom. The first-order valence-electron chi connectivity index (χ1n) is 7.74. The fourth-order valence-electron chi connectivity index (χ4n) is 2.89. The predicted octanol–water partition coefficient (Wildman–Crippen LogP) is 2.40. The molecule has 1 aromatic carbocycles. The first kappa shape index (κ1) is 17.4. The maximum atomic E-state index is 13.1. The number of aromatic amines is 1. The second-order valence-corrected chi connectivity index (χ2v) is 5.74. The summed E-state index contributed by atoms with van der Waals surface area (Å²) in [6.07, 6.45) is -4.30. The summed E-state index contributed by atoms with van der Waals surface area (Å²) in [5.41, 5.74) is 4.92. The highest BCUT2D eigenvalue weighted by Crippen LogP contribution is 2.36. The maximum Gasteiger partial charge on any atom is 0.417 e. The molecule has 2 heterocycles. The third-order valence-electron chi connectivity index (χ3n) is 4.13. The van der Waals surface area contributed by atoms with Crippen molar-refractivity contribution in [3.05, 3.63) is 35.9 Å². The Labute approximate surface area is 141 Å². The van der Waals surface area contributed by atoms with Crippen LogP contribution in [0.1, 0.15) is 12.0 Å². The molecule has 1 amide bonds. The van der Waals surface area contributed by atoms with Crippen molar-refractivity contribution in [2.45, 2.75) is 18.7 Å². The predicted molar refractivity (Wildman–Crippen MR) is 84.6 cm³/mol. The smallest absolute Gasteiger partial charge is 0.376 e. The number of aromatic nitrogens is 2. The highest BCUT2D eigenvalue weighted by molar-refractivity contribution is 5.92. The van der Waals surface area contributed by atoms with E-state index in [1.807, 2.05) is 0 Å². The van der Waals surface area contributed by atoms with Crippen molar-refractivity contribution >= 4 is 11.7 Å². The summed E-state index contributed by atoms with van der Waals surface area (Å²) >= 11 is 0. The zero-order valence-corrected chi connectivity index (χ0v) is 13.1. The molecular weight excluding hydrogens is 337 g/mol. The van der Waals surface area contributed by atoms with Crippen LogP contribution in [0, 0.1) is 5.92 Å². The lowest BCUT2D eigenvalue weighted by molar-refractivity contribution is -0.137. The Morgan fingerprint density at radius 1 is 1.40 bits per heavy atom. The number of benzene rings is 1. The number of H-pyrrole nitrogens is 1. The molecular formula is C16H17F3N4O2. The topological polar surface area (TPSA) is 93.0 Å². The van der Waals surface area contributed by atoms with Gasteiger partial charge in [-0.2, -0.15) is 18.3 Å². The molecule has 1 saturated heterocycles. The van der Waals surface area contributed by atoms with Gasteiger partial charge in [-0.15, -0.1) is 0 Å². The lowest BCUT2D eigenvalue weighted by Gasteiger charge is -2.15. The van der Waals surface area contributed by atoms with Crippen LogP contribution in [0.4, 0.5) is 19.0 Å². The van der Waals surface area contributed by atoms with E-state index in [2.05, 4.69) is 15.5 Å². The molecule has 1 aliphatic heterocycles. The lowest BCUT2D eigenvalue weighted by atomic mass is 10.0. The van der Waals surface area contributed by atoms with Crippen LogP contribution in [0.5, 0.6) is 0 Å². The molecule has 9 heteroatoms. The summed E-state index contributed by atoms with van der Waals surface area (Å²) in [7, 11) is 0. The van der Waals surface area contributed by atoms with E-state index in [0.717, 1.165) is 6.07 Å². The molecule has 25 heavy (non-hydrogen) atoms. The third kappa shape index (κ3) is 3.67. The van der Waals surface area contributed by atoms with Gasteiger partial charge in [0.2, 0.25) is 5.91 Å². The van der Waals surface area contributed by atoms with E-state index in [4.69, 9.17) is 10.5 Å². The SMILES string of the molecule is NCC1OCCC1C(=O)Nc1cc(-c2ccccc2C(F)(F)F)[nH]n1. The molecule has 1 aliphatic rings. The number of rotatable bonds is 4. The van der Waals surface area contributed by atoms with E-state index in [1.54, 1.807) is 0 Å². The van der Waals surface area contributed by atoms with Gasteiger partial charge in [0, 0.05) is 24.8 Å². The molecule has 2 atom stereocenters. The zero-order valence-electron chi connectivity index (χ0n) is 13.1. The van der Waals surface area contributed by atoms with Crippen molar-refractivity contribution in [3.8, 4) is 11.3 Å². The fraction of sp³-hybridized carbons (Fsp3) is 0.375. The number of nitrogens with one attached hydrogen (secondary N) is 2. The van der Waals surface area contributed by atoms with Crippen LogP contribution in [-0.2, 0) is 15.7 Å². The number of carbonyl (C=O) groups is 1. The monoisotopic (exact) mass is 354 g/mol. The van der Waals surface area contributed by atoms with E-state index in [1.165, 1.54) is 24.3 Å². The Morgan fingerprint density at radius 3 is 2.88 bits per heavy atom. The number of amides is 1. The van der Waals surface area contributed by atoms with Gasteiger partial charge < -0.3 is 15.8 Å². The quantitative estimate of drug-likeness (QED) is 0.786. The minimum absolute atomic E-state index is 0.0352. The number of ether oxygens (including phenoxy) is 1. The van der Waals surface area contributed by atoms with Gasteiger partial charge in [0.25, 0.3) is 0 Å². The minimum atomic E-state index is -4.49. The van der Waals surface area contributed by atoms with E-state index >= 15 is 0 Å². The molecule has 0 bridgehead atoms. The van der Waals surface area contributed by atoms with Crippen LogP contribution in [0.2, 0.25) is 0 Å². The van der Waals surface area contributed by atoms with Crippen LogP contribution in [0.15, 0.2) is 30.3 Å². The summed E-state index contributed by atoms with van der Waals surface area (Å²) in [6.45, 7) is 0.674. The average molecular weight is 354 g/mol. The molecule has 0 saturated carbocycles. The van der Waals surface area contributed by atoms with Gasteiger partial charge in [0.1, 0.15) is 0 Å². The number of alkyl halides is 3. The van der Waals surface area contributed by atoms with E-state index in [9.17, 15) is 18.0 Å². The molecule has 2 unspecified atom stereocenters. The van der Waals surface area contributed by atoms with Gasteiger partial charge >= 0.3 is 6.18 Å². The standard InChI is InChI=1S/C16H17F3N4O2/c17-16(18,19)11-4-2-1-3-9(11)12-7-14(23-22-12)21-15(24)10-5-6-25-13(10)8-20/h1-4,7,10,13H,5-6,8,20H2,(H2,21,22,23,24). The molecule has 4 N–H and O–H groups in total. The Bertz CT molecular complexity index is 760. The number of hydrogen-bond donors (Lipinski definition) is 3. The van der Waals surface area contributed by atoms with Crippen LogP contribution >= 0.6 is 0 Å². The first-order chi connectivity index (χ1) is 11.9. The number of anilines is 1. The van der Waals surface area contributed by atoms with E-state index in [-0.39, 0.29) is 35.6 Å². The van der Waals surface area contributed by atoms with Crippen LogP contribution in [0.3, 0.4) is 0 Å². The van der Waals surface area contributed by atoms with Crippen molar-refractivity contribution in [3.63, 3.8) is 0 Å². The van der Waals surface area contributed by atoms with Crippen molar-refractivity contribution < 1.29 is 22.7 Å². The van der Waals surface area contributed by atoms with Gasteiger partial charge in [-0.3, -0.25) is 9.89 Å². The van der Waals surface area contributed by atoms with Crippen LogP contribution in [-0.4, -0.2) is 35.4 Å². The maximum absolute atomic E-state index is 13.1. The number of nitrogens with zero attached hydrogens (tertiary/aromatic N) is 1. The van der Waals surface area contributed by atoms with Crippen molar-refractivity contribution in [1.29, 1.82) is 0 Å². The largest absolute Gasteiger partial charge is 0.417 e. The zero-order chi connectivity index (χ0) is 18.0. The molecule has 6 nitrogen and oxygen atoms in total. The number of hydrogen-bond acceptors (Lipinski definition) is 4. The molecule has 0 aliphatic carbocycles. The van der Waals surface area contributed by atoms with Gasteiger partial charge in [-0.05, 0) is 12.5 Å². The van der Waals surface area contributed by atoms with Gasteiger partial charge in [0.15, 0.2) is 5.82 Å². The molecule has 0 spiro atoms. The summed E-state index contributed by atoms with van der Waals surface area (Å²) < 4.78 is 44.7. The number of halogens is 3. The Hall–Kier alpha value is -2.39. The summed E-state index contributed by atoms with van der Waals surface area (Å²) in [5, 5.41) is 9.02. The number of nitrogens with two attached hydrogens (primary N) is 1. The van der Waals surface area contributed by atoms with Crippen molar-refractivity contribution in [2.75, 3.05) is 18.5 Å². The molecule has 1 aromatic heterocycles. The minimum Gasteiger partial charge on any atom is -0.376 e. The third-order valence-corrected chi connectivity index (χ3v) is 4.13. The van der Waals surface area contributed by atoms with Gasteiger partial charge in [-0.25, -0.2) is 0 Å². The average Bonchev–Trinajstić information content (AvgIpc) is 3.22. The summed E-state index contributed by atoms with van der Waals surface area (Å²) in [4.78, 5) is 12.3. The number of carbonyl (C=O) groups excluding carboxylic acids is 1. The summed E-state index contributed by atoms with van der Waals surface area (Å²) in [6, 6.07) is 6.53. The molecule has 134 valence electrons. The highest BCUT2D eigenvalue weighted by Gasteiger charge is 2.35. The fourth-order valence-corrected chi connectivity index (χ4v) is 2.89. The van der Waals surface area contributed by atoms with Crippen molar-refractivity contribution in [2.24, 2.45) is 11.7 Å². The second-order valence-electron chi connectivity index (χ2n) is 5.74. The lowest BCUT2D eigenvalue weighted by Crippen LogP contribution is -2.34.